The lowest BCUT2D eigenvalue weighted by Gasteiger charge is -2.04. The molecule has 0 aliphatic heterocycles. The first-order valence-corrected chi connectivity index (χ1v) is 5.56. The minimum atomic E-state index is 0.527. The van der Waals surface area contributed by atoms with Gasteiger partial charge in [0.05, 0.1) is 0 Å². The fourth-order valence-electron chi connectivity index (χ4n) is 1.19. The third kappa shape index (κ3) is 2.78. The third-order valence-electron chi connectivity index (χ3n) is 2.00. The van der Waals surface area contributed by atoms with E-state index in [1.54, 1.807) is 17.5 Å². The average Bonchev–Trinajstić information content (AvgIpc) is 2.80. The Morgan fingerprint density at radius 3 is 2.67 bits per heavy atom. The van der Waals surface area contributed by atoms with Crippen LogP contribution in [0.2, 0.25) is 0 Å². The van der Waals surface area contributed by atoms with Crippen LogP contribution in [0.25, 0.3) is 0 Å². The zero-order chi connectivity index (χ0) is 10.5. The van der Waals surface area contributed by atoms with Crippen molar-refractivity contribution in [3.8, 4) is 5.75 Å². The molecule has 1 aromatic carbocycles. The summed E-state index contributed by atoms with van der Waals surface area (Å²) in [4.78, 5) is 4.14. The van der Waals surface area contributed by atoms with Crippen molar-refractivity contribution in [3.63, 3.8) is 0 Å². The van der Waals surface area contributed by atoms with Gasteiger partial charge in [-0.05, 0) is 17.7 Å². The molecule has 0 aliphatic carbocycles. The minimum absolute atomic E-state index is 0.527. The summed E-state index contributed by atoms with van der Waals surface area (Å²) in [7, 11) is 0. The molecule has 0 fully saturated rings. The molecule has 78 valence electrons. The lowest BCUT2D eigenvalue weighted by Crippen LogP contribution is -1.97. The van der Waals surface area contributed by atoms with Gasteiger partial charge in [0.2, 0.25) is 0 Å². The number of aromatic nitrogens is 1. The van der Waals surface area contributed by atoms with Crippen LogP contribution in [-0.2, 0) is 13.2 Å². The lowest BCUT2D eigenvalue weighted by molar-refractivity contribution is 0.305. The third-order valence-corrected chi connectivity index (χ3v) is 2.76. The summed E-state index contributed by atoms with van der Waals surface area (Å²) in [6.07, 6.45) is 1.78. The molecule has 2 N–H and O–H groups in total. The smallest absolute Gasteiger partial charge is 0.140 e. The minimum Gasteiger partial charge on any atom is -0.486 e. The van der Waals surface area contributed by atoms with Crippen LogP contribution in [0, 0.1) is 0 Å². The Kier molecular flexibility index (Phi) is 3.32. The van der Waals surface area contributed by atoms with Gasteiger partial charge in [-0.3, -0.25) is 0 Å². The van der Waals surface area contributed by atoms with Gasteiger partial charge in [0.15, 0.2) is 0 Å². The molecule has 1 heterocycles. The maximum Gasteiger partial charge on any atom is 0.140 e. The fourth-order valence-corrected chi connectivity index (χ4v) is 1.72. The average molecular weight is 220 g/mol. The number of ether oxygens (including phenoxy) is 1. The van der Waals surface area contributed by atoms with E-state index >= 15 is 0 Å². The van der Waals surface area contributed by atoms with E-state index in [2.05, 4.69) is 4.98 Å². The highest BCUT2D eigenvalue weighted by atomic mass is 32.1. The molecule has 0 saturated heterocycles. The SMILES string of the molecule is NCc1ccc(OCc2nccs2)cc1. The van der Waals surface area contributed by atoms with Gasteiger partial charge in [-0.25, -0.2) is 4.98 Å². The zero-order valence-electron chi connectivity index (χ0n) is 8.22. The first kappa shape index (κ1) is 10.1. The molecule has 0 spiro atoms. The van der Waals surface area contributed by atoms with Crippen LogP contribution in [0.15, 0.2) is 35.8 Å². The Bertz CT molecular complexity index is 397. The number of nitrogens with zero attached hydrogens (tertiary/aromatic N) is 1. The molecular weight excluding hydrogens is 208 g/mol. The molecule has 2 aromatic rings. The molecule has 3 nitrogen and oxygen atoms in total. The van der Waals surface area contributed by atoms with Crippen LogP contribution in [0.1, 0.15) is 10.6 Å². The monoisotopic (exact) mass is 220 g/mol. The predicted molar refractivity (Wildman–Crippen MR) is 60.8 cm³/mol. The highest BCUT2D eigenvalue weighted by molar-refractivity contribution is 7.09. The van der Waals surface area contributed by atoms with Crippen LogP contribution in [0.5, 0.6) is 5.75 Å². The Labute approximate surface area is 92.5 Å². The second-order valence-corrected chi connectivity index (χ2v) is 4.04. The van der Waals surface area contributed by atoms with Gasteiger partial charge < -0.3 is 10.5 Å². The molecule has 0 bridgehead atoms. The number of thiazole rings is 1. The highest BCUT2D eigenvalue weighted by Gasteiger charge is 1.97. The summed E-state index contributed by atoms with van der Waals surface area (Å²) in [5.74, 6) is 0.849. The largest absolute Gasteiger partial charge is 0.486 e. The lowest BCUT2D eigenvalue weighted by atomic mass is 10.2. The fraction of sp³-hybridized carbons (Fsp3) is 0.182. The molecule has 0 aliphatic rings. The molecular formula is C11H12N2OS. The Morgan fingerprint density at radius 1 is 1.27 bits per heavy atom. The maximum atomic E-state index is 5.56. The van der Waals surface area contributed by atoms with Crippen LogP contribution < -0.4 is 10.5 Å². The summed E-state index contributed by atoms with van der Waals surface area (Å²) < 4.78 is 5.56. The Hall–Kier alpha value is -1.39. The molecule has 0 amide bonds. The summed E-state index contributed by atoms with van der Waals surface area (Å²) in [5, 5.41) is 2.92. The van der Waals surface area contributed by atoms with E-state index in [1.807, 2.05) is 29.6 Å². The molecule has 0 unspecified atom stereocenters. The molecule has 2 rings (SSSR count). The first-order chi connectivity index (χ1) is 7.38. The van der Waals surface area contributed by atoms with E-state index < -0.39 is 0 Å². The van der Waals surface area contributed by atoms with E-state index in [-0.39, 0.29) is 0 Å². The normalized spacial score (nSPS) is 10.2. The van der Waals surface area contributed by atoms with Crippen molar-refractivity contribution in [2.75, 3.05) is 0 Å². The van der Waals surface area contributed by atoms with E-state index in [0.717, 1.165) is 16.3 Å². The quantitative estimate of drug-likeness (QED) is 0.859. The number of nitrogens with two attached hydrogens (primary N) is 1. The van der Waals surface area contributed by atoms with Crippen LogP contribution in [0.3, 0.4) is 0 Å². The molecule has 4 heteroatoms. The van der Waals surface area contributed by atoms with Gasteiger partial charge >= 0.3 is 0 Å². The Balaban J connectivity index is 1.93. The van der Waals surface area contributed by atoms with Crippen LogP contribution in [0.4, 0.5) is 0 Å². The molecule has 0 saturated carbocycles. The predicted octanol–water partition coefficient (Wildman–Crippen LogP) is 2.18. The number of hydrogen-bond acceptors (Lipinski definition) is 4. The van der Waals surface area contributed by atoms with Crippen molar-refractivity contribution in [1.29, 1.82) is 0 Å². The summed E-state index contributed by atoms with van der Waals surface area (Å²) >= 11 is 1.59. The van der Waals surface area contributed by atoms with E-state index in [1.165, 1.54) is 0 Å². The zero-order valence-corrected chi connectivity index (χ0v) is 9.04. The Morgan fingerprint density at radius 2 is 2.07 bits per heavy atom. The van der Waals surface area contributed by atoms with Crippen molar-refractivity contribution >= 4 is 11.3 Å². The molecule has 1 aromatic heterocycles. The molecule has 0 atom stereocenters. The van der Waals surface area contributed by atoms with Gasteiger partial charge in [-0.2, -0.15) is 0 Å². The van der Waals surface area contributed by atoms with E-state index in [0.29, 0.717) is 13.2 Å². The van der Waals surface area contributed by atoms with Crippen LogP contribution >= 0.6 is 11.3 Å². The summed E-state index contributed by atoms with van der Waals surface area (Å²) in [6.45, 7) is 1.09. The van der Waals surface area contributed by atoms with Crippen molar-refractivity contribution in [2.45, 2.75) is 13.2 Å². The number of rotatable bonds is 4. The van der Waals surface area contributed by atoms with Crippen molar-refractivity contribution in [3.05, 3.63) is 46.4 Å². The number of hydrogen-bond donors (Lipinski definition) is 1. The van der Waals surface area contributed by atoms with Crippen LogP contribution in [-0.4, -0.2) is 4.98 Å². The van der Waals surface area contributed by atoms with E-state index in [9.17, 15) is 0 Å². The van der Waals surface area contributed by atoms with E-state index in [4.69, 9.17) is 10.5 Å². The van der Waals surface area contributed by atoms with Crippen molar-refractivity contribution in [1.82, 2.24) is 4.98 Å². The standard InChI is InChI=1S/C11H12N2OS/c12-7-9-1-3-10(4-2-9)14-8-11-13-5-6-15-11/h1-6H,7-8,12H2. The summed E-state index contributed by atoms with van der Waals surface area (Å²) in [6, 6.07) is 7.79. The second kappa shape index (κ2) is 4.91. The summed E-state index contributed by atoms with van der Waals surface area (Å²) in [5.41, 5.74) is 6.61. The highest BCUT2D eigenvalue weighted by Crippen LogP contribution is 2.14. The second-order valence-electron chi connectivity index (χ2n) is 3.06. The van der Waals surface area contributed by atoms with Gasteiger partial charge in [-0.1, -0.05) is 12.1 Å². The van der Waals surface area contributed by atoms with Crippen molar-refractivity contribution in [2.24, 2.45) is 5.73 Å². The first-order valence-electron chi connectivity index (χ1n) is 4.68. The van der Waals surface area contributed by atoms with Crippen molar-refractivity contribution < 1.29 is 4.74 Å². The maximum absolute atomic E-state index is 5.56. The van der Waals surface area contributed by atoms with Gasteiger partial charge in [0.25, 0.3) is 0 Å². The van der Waals surface area contributed by atoms with Gasteiger partial charge in [-0.15, -0.1) is 11.3 Å². The topological polar surface area (TPSA) is 48.1 Å². The molecule has 15 heavy (non-hydrogen) atoms. The van der Waals surface area contributed by atoms with Gasteiger partial charge in [0, 0.05) is 18.1 Å². The number of benzene rings is 1. The van der Waals surface area contributed by atoms with Gasteiger partial charge in [0.1, 0.15) is 17.4 Å². The molecule has 0 radical (unpaired) electrons.